The smallest absolute Gasteiger partial charge is 0.339 e. The molecule has 0 fully saturated rings. The maximum atomic E-state index is 11.6. The summed E-state index contributed by atoms with van der Waals surface area (Å²) in [5.41, 5.74) is 1.06. The number of halogens is 1. The summed E-state index contributed by atoms with van der Waals surface area (Å²) in [5, 5.41) is 6.89. The zero-order valence-corrected chi connectivity index (χ0v) is 12.7. The first-order valence-electron chi connectivity index (χ1n) is 5.98. The van der Waals surface area contributed by atoms with Gasteiger partial charge in [0.15, 0.2) is 5.11 Å². The van der Waals surface area contributed by atoms with Crippen molar-refractivity contribution in [2.45, 2.75) is 26.8 Å². The Balaban J connectivity index is 2.77. The molecule has 4 nitrogen and oxygen atoms in total. The van der Waals surface area contributed by atoms with E-state index in [1.807, 2.05) is 13.8 Å². The third-order valence-corrected chi connectivity index (χ3v) is 2.67. The highest BCUT2D eigenvalue weighted by Gasteiger charge is 2.12. The van der Waals surface area contributed by atoms with Crippen molar-refractivity contribution in [3.63, 3.8) is 0 Å². The Morgan fingerprint density at radius 2 is 2.16 bits per heavy atom. The molecule has 6 heteroatoms. The van der Waals surface area contributed by atoms with E-state index in [4.69, 9.17) is 28.6 Å². The van der Waals surface area contributed by atoms with Crippen LogP contribution in [0.2, 0.25) is 5.02 Å². The molecule has 0 aliphatic heterocycles. The van der Waals surface area contributed by atoms with Crippen LogP contribution in [0.3, 0.4) is 0 Å². The molecule has 2 N–H and O–H groups in total. The van der Waals surface area contributed by atoms with Crippen LogP contribution in [0.1, 0.15) is 31.1 Å². The molecule has 0 radical (unpaired) electrons. The van der Waals surface area contributed by atoms with Gasteiger partial charge in [-0.2, -0.15) is 0 Å². The van der Waals surface area contributed by atoms with Gasteiger partial charge in [0.05, 0.1) is 17.2 Å². The lowest BCUT2D eigenvalue weighted by Gasteiger charge is -2.13. The van der Waals surface area contributed by atoms with E-state index in [1.54, 1.807) is 25.1 Å². The summed E-state index contributed by atoms with van der Waals surface area (Å²) in [7, 11) is 0. The number of esters is 1. The van der Waals surface area contributed by atoms with Gasteiger partial charge >= 0.3 is 5.97 Å². The number of hydrogen-bond donors (Lipinski definition) is 2. The van der Waals surface area contributed by atoms with E-state index in [0.29, 0.717) is 22.3 Å². The molecule has 0 amide bonds. The molecule has 1 aromatic carbocycles. The Labute approximate surface area is 123 Å². The maximum absolute atomic E-state index is 11.6. The molecule has 0 aromatic heterocycles. The topological polar surface area (TPSA) is 50.4 Å². The second-order valence-corrected chi connectivity index (χ2v) is 4.98. The van der Waals surface area contributed by atoms with Gasteiger partial charge in [0.2, 0.25) is 0 Å². The predicted octanol–water partition coefficient (Wildman–Crippen LogP) is 3.21. The van der Waals surface area contributed by atoms with Crippen LogP contribution in [0.15, 0.2) is 18.2 Å². The van der Waals surface area contributed by atoms with E-state index in [9.17, 15) is 4.79 Å². The molecule has 0 saturated carbocycles. The molecule has 0 heterocycles. The summed E-state index contributed by atoms with van der Waals surface area (Å²) in [6.07, 6.45) is 0. The predicted molar refractivity (Wildman–Crippen MR) is 81.9 cm³/mol. The van der Waals surface area contributed by atoms with Gasteiger partial charge < -0.3 is 15.4 Å². The number of nitrogens with one attached hydrogen (secondary N) is 2. The van der Waals surface area contributed by atoms with Gasteiger partial charge in [-0.15, -0.1) is 0 Å². The first-order valence-corrected chi connectivity index (χ1v) is 6.76. The summed E-state index contributed by atoms with van der Waals surface area (Å²) in [6.45, 7) is 6.05. The number of thiocarbonyl (C=S) groups is 1. The van der Waals surface area contributed by atoms with E-state index in [2.05, 4.69) is 10.6 Å². The molecule has 1 aromatic rings. The molecule has 0 spiro atoms. The molecule has 19 heavy (non-hydrogen) atoms. The number of benzene rings is 1. The van der Waals surface area contributed by atoms with Crippen molar-refractivity contribution in [3.05, 3.63) is 28.8 Å². The molecule has 0 saturated heterocycles. The SMILES string of the molecule is CCOC(=O)c1ccc(NC(=S)NC(C)C)cc1Cl. The number of anilines is 1. The first-order chi connectivity index (χ1) is 8.93. The van der Waals surface area contributed by atoms with Gasteiger partial charge in [0.1, 0.15) is 0 Å². The van der Waals surface area contributed by atoms with E-state index in [-0.39, 0.29) is 6.04 Å². The quantitative estimate of drug-likeness (QED) is 0.660. The normalized spacial score (nSPS) is 10.2. The third-order valence-electron chi connectivity index (χ3n) is 2.14. The summed E-state index contributed by atoms with van der Waals surface area (Å²) >= 11 is 11.2. The maximum Gasteiger partial charge on any atom is 0.339 e. The number of hydrogen-bond acceptors (Lipinski definition) is 3. The lowest BCUT2D eigenvalue weighted by Crippen LogP contribution is -2.33. The standard InChI is InChI=1S/C13H17ClN2O2S/c1-4-18-12(17)10-6-5-9(7-11(10)14)16-13(19)15-8(2)3/h5-8H,4H2,1-3H3,(H2,15,16,19). The summed E-state index contributed by atoms with van der Waals surface area (Å²) in [5.74, 6) is -0.429. The van der Waals surface area contributed by atoms with Crippen molar-refractivity contribution in [2.24, 2.45) is 0 Å². The van der Waals surface area contributed by atoms with Gasteiger partial charge in [-0.3, -0.25) is 0 Å². The van der Waals surface area contributed by atoms with Crippen LogP contribution >= 0.6 is 23.8 Å². The van der Waals surface area contributed by atoms with Crippen molar-refractivity contribution in [2.75, 3.05) is 11.9 Å². The molecule has 0 atom stereocenters. The second-order valence-electron chi connectivity index (χ2n) is 4.17. The average Bonchev–Trinajstić information content (AvgIpc) is 2.27. The lowest BCUT2D eigenvalue weighted by atomic mass is 10.2. The fraction of sp³-hybridized carbons (Fsp3) is 0.385. The molecule has 0 aliphatic rings. The highest BCUT2D eigenvalue weighted by atomic mass is 35.5. The molecule has 0 aliphatic carbocycles. The minimum absolute atomic E-state index is 0.245. The van der Waals surface area contributed by atoms with Crippen LogP contribution in [0, 0.1) is 0 Å². The number of ether oxygens (including phenoxy) is 1. The zero-order chi connectivity index (χ0) is 14.4. The lowest BCUT2D eigenvalue weighted by molar-refractivity contribution is 0.0526. The van der Waals surface area contributed by atoms with E-state index >= 15 is 0 Å². The molecule has 0 bridgehead atoms. The van der Waals surface area contributed by atoms with Gasteiger partial charge in [-0.1, -0.05) is 11.6 Å². The van der Waals surface area contributed by atoms with E-state index in [0.717, 1.165) is 5.69 Å². The summed E-state index contributed by atoms with van der Waals surface area (Å²) in [4.78, 5) is 11.6. The number of rotatable bonds is 4. The van der Waals surface area contributed by atoms with Crippen molar-refractivity contribution >= 4 is 40.6 Å². The molecule has 1 rings (SSSR count). The van der Waals surface area contributed by atoms with Crippen LogP contribution in [-0.2, 0) is 4.74 Å². The minimum Gasteiger partial charge on any atom is -0.462 e. The Morgan fingerprint density at radius 1 is 1.47 bits per heavy atom. The Kier molecular flexibility index (Phi) is 6.05. The molecule has 0 unspecified atom stereocenters. The minimum atomic E-state index is -0.429. The van der Waals surface area contributed by atoms with Gasteiger partial charge in [0, 0.05) is 11.7 Å². The average molecular weight is 301 g/mol. The van der Waals surface area contributed by atoms with E-state index < -0.39 is 5.97 Å². The van der Waals surface area contributed by atoms with Gasteiger partial charge in [-0.25, -0.2) is 4.79 Å². The number of carbonyl (C=O) groups is 1. The van der Waals surface area contributed by atoms with Crippen molar-refractivity contribution in [3.8, 4) is 0 Å². The Hall–Kier alpha value is -1.33. The van der Waals surface area contributed by atoms with Gasteiger partial charge in [0.25, 0.3) is 0 Å². The number of carbonyl (C=O) groups excluding carboxylic acids is 1. The fourth-order valence-corrected chi connectivity index (χ4v) is 2.01. The van der Waals surface area contributed by atoms with Crippen LogP contribution in [0.5, 0.6) is 0 Å². The first kappa shape index (κ1) is 15.7. The van der Waals surface area contributed by atoms with E-state index in [1.165, 1.54) is 0 Å². The zero-order valence-electron chi connectivity index (χ0n) is 11.1. The third kappa shape index (κ3) is 5.04. The monoisotopic (exact) mass is 300 g/mol. The van der Waals surface area contributed by atoms with Crippen molar-refractivity contribution < 1.29 is 9.53 Å². The Bertz CT molecular complexity index is 478. The van der Waals surface area contributed by atoms with Crippen LogP contribution < -0.4 is 10.6 Å². The van der Waals surface area contributed by atoms with Crippen molar-refractivity contribution in [1.29, 1.82) is 0 Å². The molecular formula is C13H17ClN2O2S. The molecule has 104 valence electrons. The summed E-state index contributed by atoms with van der Waals surface area (Å²) in [6, 6.07) is 5.23. The highest BCUT2D eigenvalue weighted by molar-refractivity contribution is 7.80. The largest absolute Gasteiger partial charge is 0.462 e. The van der Waals surface area contributed by atoms with Crippen LogP contribution in [-0.4, -0.2) is 23.7 Å². The Morgan fingerprint density at radius 3 is 2.68 bits per heavy atom. The van der Waals surface area contributed by atoms with Gasteiger partial charge in [-0.05, 0) is 51.2 Å². The second kappa shape index (κ2) is 7.31. The van der Waals surface area contributed by atoms with Crippen molar-refractivity contribution in [1.82, 2.24) is 5.32 Å². The molecular weight excluding hydrogens is 284 g/mol. The fourth-order valence-electron chi connectivity index (χ4n) is 1.40. The summed E-state index contributed by atoms with van der Waals surface area (Å²) < 4.78 is 4.90. The van der Waals surface area contributed by atoms with Crippen LogP contribution in [0.25, 0.3) is 0 Å². The highest BCUT2D eigenvalue weighted by Crippen LogP contribution is 2.21. The van der Waals surface area contributed by atoms with Crippen LogP contribution in [0.4, 0.5) is 5.69 Å².